The lowest BCUT2D eigenvalue weighted by molar-refractivity contribution is -0.112. The van der Waals surface area contributed by atoms with Crippen LogP contribution in [0.5, 0.6) is 11.5 Å². The van der Waals surface area contributed by atoms with Crippen molar-refractivity contribution in [3.8, 4) is 17.6 Å². The number of nitrogens with one attached hydrogen (secondary N) is 1. The van der Waals surface area contributed by atoms with E-state index in [1.807, 2.05) is 58.9 Å². The highest BCUT2D eigenvalue weighted by Gasteiger charge is 2.15. The molecule has 2 aromatic rings. The van der Waals surface area contributed by atoms with E-state index in [2.05, 4.69) is 21.2 Å². The zero-order valence-electron chi connectivity index (χ0n) is 17.3. The van der Waals surface area contributed by atoms with Crippen LogP contribution in [0.25, 0.3) is 6.08 Å². The van der Waals surface area contributed by atoms with E-state index in [4.69, 9.17) is 9.47 Å². The van der Waals surface area contributed by atoms with Gasteiger partial charge in [0.05, 0.1) is 17.2 Å². The van der Waals surface area contributed by atoms with Gasteiger partial charge in [0.15, 0.2) is 11.5 Å². The lowest BCUT2D eigenvalue weighted by Gasteiger charge is -2.17. The van der Waals surface area contributed by atoms with Gasteiger partial charge in [-0.2, -0.15) is 5.26 Å². The second-order valence-electron chi connectivity index (χ2n) is 6.85. The van der Waals surface area contributed by atoms with Crippen molar-refractivity contribution in [2.75, 3.05) is 11.9 Å². The molecule has 1 amide bonds. The molecule has 0 aliphatic heterocycles. The number of benzene rings is 2. The van der Waals surface area contributed by atoms with Gasteiger partial charge in [0.1, 0.15) is 11.6 Å². The maximum Gasteiger partial charge on any atom is 0.266 e. The third kappa shape index (κ3) is 6.10. The third-order valence-corrected chi connectivity index (χ3v) is 4.72. The summed E-state index contributed by atoms with van der Waals surface area (Å²) in [7, 11) is 0. The van der Waals surface area contributed by atoms with Crippen LogP contribution >= 0.6 is 15.9 Å². The van der Waals surface area contributed by atoms with Crippen LogP contribution in [0.3, 0.4) is 0 Å². The Labute approximate surface area is 180 Å². The topological polar surface area (TPSA) is 71.3 Å². The number of carbonyl (C=O) groups excluding carboxylic acids is 1. The highest BCUT2D eigenvalue weighted by Crippen LogP contribution is 2.38. The van der Waals surface area contributed by atoms with E-state index in [1.54, 1.807) is 12.1 Å². The number of anilines is 1. The van der Waals surface area contributed by atoms with E-state index in [1.165, 1.54) is 6.08 Å². The Morgan fingerprint density at radius 1 is 1.24 bits per heavy atom. The molecule has 0 aromatic heterocycles. The molecule has 5 nitrogen and oxygen atoms in total. The molecular weight excluding hydrogens is 432 g/mol. The minimum atomic E-state index is -0.465. The van der Waals surface area contributed by atoms with Gasteiger partial charge < -0.3 is 14.8 Å². The van der Waals surface area contributed by atoms with Crippen molar-refractivity contribution in [3.05, 3.63) is 57.1 Å². The molecule has 1 N–H and O–H groups in total. The summed E-state index contributed by atoms with van der Waals surface area (Å²) in [5, 5.41) is 12.3. The van der Waals surface area contributed by atoms with Crippen molar-refractivity contribution in [3.63, 3.8) is 0 Å². The Balaban J connectivity index is 2.34. The third-order valence-electron chi connectivity index (χ3n) is 4.13. The van der Waals surface area contributed by atoms with E-state index in [9.17, 15) is 10.1 Å². The SMILES string of the molecule is CCOc1cc(/C=C(\C#N)C(=O)Nc2ccc(C)c(C)c2)cc(Br)c1OC(C)C. The Bertz CT molecular complexity index is 975. The quantitative estimate of drug-likeness (QED) is 0.422. The fraction of sp³-hybridized carbons (Fsp3) is 0.304. The molecule has 0 radical (unpaired) electrons. The summed E-state index contributed by atoms with van der Waals surface area (Å²) >= 11 is 3.50. The second-order valence-corrected chi connectivity index (χ2v) is 7.71. The van der Waals surface area contributed by atoms with Gasteiger partial charge in [-0.25, -0.2) is 0 Å². The molecule has 0 atom stereocenters. The van der Waals surface area contributed by atoms with Crippen molar-refractivity contribution in [1.29, 1.82) is 5.26 Å². The van der Waals surface area contributed by atoms with Crippen LogP contribution in [0.1, 0.15) is 37.5 Å². The van der Waals surface area contributed by atoms with Gasteiger partial charge in [-0.1, -0.05) is 6.07 Å². The van der Waals surface area contributed by atoms with Gasteiger partial charge in [0.2, 0.25) is 0 Å². The normalized spacial score (nSPS) is 11.2. The lowest BCUT2D eigenvalue weighted by Crippen LogP contribution is -2.13. The largest absolute Gasteiger partial charge is 0.490 e. The van der Waals surface area contributed by atoms with E-state index in [0.29, 0.717) is 33.8 Å². The molecule has 0 aliphatic carbocycles. The number of halogens is 1. The Morgan fingerprint density at radius 3 is 2.55 bits per heavy atom. The van der Waals surface area contributed by atoms with E-state index >= 15 is 0 Å². The summed E-state index contributed by atoms with van der Waals surface area (Å²) in [5.74, 6) is 0.679. The summed E-state index contributed by atoms with van der Waals surface area (Å²) in [5.41, 5.74) is 3.50. The molecule has 0 saturated carbocycles. The molecule has 6 heteroatoms. The highest BCUT2D eigenvalue weighted by atomic mass is 79.9. The average Bonchev–Trinajstić information content (AvgIpc) is 2.65. The second kappa shape index (κ2) is 10.1. The van der Waals surface area contributed by atoms with Crippen molar-refractivity contribution in [2.45, 2.75) is 40.7 Å². The van der Waals surface area contributed by atoms with Crippen LogP contribution in [0.4, 0.5) is 5.69 Å². The Hall–Kier alpha value is -2.78. The number of nitrogens with zero attached hydrogens (tertiary/aromatic N) is 1. The van der Waals surface area contributed by atoms with E-state index in [-0.39, 0.29) is 11.7 Å². The molecule has 29 heavy (non-hydrogen) atoms. The number of rotatable bonds is 7. The van der Waals surface area contributed by atoms with Crippen LogP contribution < -0.4 is 14.8 Å². The molecule has 0 fully saturated rings. The number of nitriles is 1. The van der Waals surface area contributed by atoms with Crippen molar-refractivity contribution in [1.82, 2.24) is 0 Å². The van der Waals surface area contributed by atoms with Gasteiger partial charge >= 0.3 is 0 Å². The Morgan fingerprint density at radius 2 is 1.97 bits per heavy atom. The van der Waals surface area contributed by atoms with Crippen molar-refractivity contribution in [2.24, 2.45) is 0 Å². The number of hydrogen-bond donors (Lipinski definition) is 1. The first-order valence-electron chi connectivity index (χ1n) is 9.38. The molecule has 152 valence electrons. The van der Waals surface area contributed by atoms with Crippen LogP contribution in [0.2, 0.25) is 0 Å². The molecule has 2 rings (SSSR count). The Kier molecular flexibility index (Phi) is 7.86. The molecule has 0 bridgehead atoms. The summed E-state index contributed by atoms with van der Waals surface area (Å²) in [6.45, 7) is 10.2. The molecule has 0 heterocycles. The minimum absolute atomic E-state index is 0.00453. The smallest absolute Gasteiger partial charge is 0.266 e. The average molecular weight is 457 g/mol. The van der Waals surface area contributed by atoms with Gasteiger partial charge in [0.25, 0.3) is 5.91 Å². The number of ether oxygens (including phenoxy) is 2. The molecule has 0 unspecified atom stereocenters. The van der Waals surface area contributed by atoms with Crippen LogP contribution in [0, 0.1) is 25.2 Å². The molecule has 0 aliphatic rings. The number of carbonyl (C=O) groups is 1. The van der Waals surface area contributed by atoms with Crippen LogP contribution in [0.15, 0.2) is 40.4 Å². The summed E-state index contributed by atoms with van der Waals surface area (Å²) < 4.78 is 12.2. The standard InChI is InChI=1S/C23H25BrN2O3/c1-6-28-21-12-17(11-20(24)22(21)29-14(2)3)10-18(13-25)23(27)26-19-8-7-15(4)16(5)9-19/h7-12,14H,6H2,1-5H3,(H,26,27)/b18-10+. The predicted octanol–water partition coefficient (Wildman–Crippen LogP) is 5.80. The molecule has 2 aromatic carbocycles. The minimum Gasteiger partial charge on any atom is -0.490 e. The summed E-state index contributed by atoms with van der Waals surface area (Å²) in [6.07, 6.45) is 1.51. The first kappa shape index (κ1) is 22.5. The number of aryl methyl sites for hydroxylation is 2. The molecule has 0 saturated heterocycles. The van der Waals surface area contributed by atoms with E-state index in [0.717, 1.165) is 11.1 Å². The number of amides is 1. The summed E-state index contributed by atoms with van der Waals surface area (Å²) in [4.78, 5) is 12.6. The predicted molar refractivity (Wildman–Crippen MR) is 119 cm³/mol. The zero-order chi connectivity index (χ0) is 21.6. The van der Waals surface area contributed by atoms with E-state index < -0.39 is 5.91 Å². The van der Waals surface area contributed by atoms with Gasteiger partial charge in [-0.05, 0) is 97.6 Å². The number of hydrogen-bond acceptors (Lipinski definition) is 4. The maximum atomic E-state index is 12.6. The first-order valence-corrected chi connectivity index (χ1v) is 10.2. The fourth-order valence-corrected chi connectivity index (χ4v) is 3.17. The maximum absolute atomic E-state index is 12.6. The van der Waals surface area contributed by atoms with Crippen molar-refractivity contribution >= 4 is 33.6 Å². The fourth-order valence-electron chi connectivity index (χ4n) is 2.62. The van der Waals surface area contributed by atoms with Crippen molar-refractivity contribution < 1.29 is 14.3 Å². The first-order chi connectivity index (χ1) is 13.7. The monoisotopic (exact) mass is 456 g/mol. The highest BCUT2D eigenvalue weighted by molar-refractivity contribution is 9.10. The molecular formula is C23H25BrN2O3. The van der Waals surface area contributed by atoms with Gasteiger partial charge in [-0.3, -0.25) is 4.79 Å². The zero-order valence-corrected chi connectivity index (χ0v) is 18.9. The summed E-state index contributed by atoms with van der Waals surface area (Å²) in [6, 6.07) is 11.2. The molecule has 0 spiro atoms. The van der Waals surface area contributed by atoms with Gasteiger partial charge in [-0.15, -0.1) is 0 Å². The van der Waals surface area contributed by atoms with Crippen LogP contribution in [-0.2, 0) is 4.79 Å². The van der Waals surface area contributed by atoms with Crippen LogP contribution in [-0.4, -0.2) is 18.6 Å². The lowest BCUT2D eigenvalue weighted by atomic mass is 10.1. The van der Waals surface area contributed by atoms with Gasteiger partial charge in [0, 0.05) is 5.69 Å².